The second-order valence-corrected chi connectivity index (χ2v) is 5.58. The van der Waals surface area contributed by atoms with Crippen molar-refractivity contribution in [2.45, 2.75) is 37.6 Å². The summed E-state index contributed by atoms with van der Waals surface area (Å²) in [5.41, 5.74) is 11.4. The predicted octanol–water partition coefficient (Wildman–Crippen LogP) is 2.31. The zero-order valence-electron chi connectivity index (χ0n) is 10.4. The third kappa shape index (κ3) is 1.44. The van der Waals surface area contributed by atoms with Gasteiger partial charge in [-0.15, -0.1) is 0 Å². The summed E-state index contributed by atoms with van der Waals surface area (Å²) in [6, 6.07) is 8.61. The van der Waals surface area contributed by atoms with Crippen molar-refractivity contribution < 1.29 is 0 Å². The Balaban J connectivity index is 1.72. The van der Waals surface area contributed by atoms with E-state index in [9.17, 15) is 0 Å². The lowest BCUT2D eigenvalue weighted by molar-refractivity contribution is 0.737. The van der Waals surface area contributed by atoms with Gasteiger partial charge >= 0.3 is 0 Å². The van der Waals surface area contributed by atoms with Crippen LogP contribution in [0.2, 0.25) is 0 Å². The van der Waals surface area contributed by atoms with E-state index in [0.717, 1.165) is 24.9 Å². The van der Waals surface area contributed by atoms with Gasteiger partial charge in [0.1, 0.15) is 0 Å². The van der Waals surface area contributed by atoms with Crippen molar-refractivity contribution in [2.75, 3.05) is 0 Å². The molecule has 0 atom stereocenters. The number of rotatable bonds is 2. The van der Waals surface area contributed by atoms with Gasteiger partial charge < -0.3 is 5.73 Å². The molecular formula is C15H17N3. The zero-order chi connectivity index (χ0) is 12.2. The van der Waals surface area contributed by atoms with Crippen LogP contribution in [0.1, 0.15) is 36.1 Å². The number of aromatic nitrogens is 2. The second-order valence-electron chi connectivity index (χ2n) is 5.58. The van der Waals surface area contributed by atoms with E-state index in [-0.39, 0.29) is 5.54 Å². The standard InChI is InChI=1S/C15H17N3/c16-15(8-9-15)12-4-6-13(7-5-12)18-14-3-1-2-11(14)10-17-18/h4-7,10H,1-3,8-9,16H2. The van der Waals surface area contributed by atoms with E-state index < -0.39 is 0 Å². The van der Waals surface area contributed by atoms with Crippen molar-refractivity contribution in [3.63, 3.8) is 0 Å². The summed E-state index contributed by atoms with van der Waals surface area (Å²) in [6.45, 7) is 0. The van der Waals surface area contributed by atoms with Gasteiger partial charge in [0.05, 0.1) is 11.9 Å². The van der Waals surface area contributed by atoms with E-state index in [1.54, 1.807) is 0 Å². The normalized spacial score (nSPS) is 19.8. The Bertz CT molecular complexity index is 591. The lowest BCUT2D eigenvalue weighted by Crippen LogP contribution is -2.18. The molecule has 3 nitrogen and oxygen atoms in total. The summed E-state index contributed by atoms with van der Waals surface area (Å²) in [7, 11) is 0. The lowest BCUT2D eigenvalue weighted by atomic mass is 10.1. The summed E-state index contributed by atoms with van der Waals surface area (Å²) in [5.74, 6) is 0. The quantitative estimate of drug-likeness (QED) is 0.874. The molecule has 2 N–H and O–H groups in total. The minimum atomic E-state index is -0.0371. The van der Waals surface area contributed by atoms with Crippen molar-refractivity contribution in [2.24, 2.45) is 5.73 Å². The maximum absolute atomic E-state index is 6.20. The summed E-state index contributed by atoms with van der Waals surface area (Å²) < 4.78 is 2.09. The summed E-state index contributed by atoms with van der Waals surface area (Å²) in [6.07, 6.45) is 7.84. The molecule has 1 saturated carbocycles. The van der Waals surface area contributed by atoms with Gasteiger partial charge in [-0.3, -0.25) is 0 Å². The number of aryl methyl sites for hydroxylation is 1. The highest BCUT2D eigenvalue weighted by Gasteiger charge is 2.39. The Morgan fingerprint density at radius 2 is 1.89 bits per heavy atom. The molecule has 0 radical (unpaired) electrons. The van der Waals surface area contributed by atoms with Crippen molar-refractivity contribution in [3.8, 4) is 5.69 Å². The van der Waals surface area contributed by atoms with Crippen LogP contribution in [0.25, 0.3) is 5.69 Å². The number of benzene rings is 1. The molecule has 1 aromatic carbocycles. The van der Waals surface area contributed by atoms with Crippen LogP contribution in [0.3, 0.4) is 0 Å². The van der Waals surface area contributed by atoms with E-state index in [0.29, 0.717) is 0 Å². The molecule has 0 bridgehead atoms. The zero-order valence-corrected chi connectivity index (χ0v) is 10.4. The molecule has 2 aromatic rings. The summed E-state index contributed by atoms with van der Waals surface area (Å²) >= 11 is 0. The summed E-state index contributed by atoms with van der Waals surface area (Å²) in [5, 5.41) is 4.50. The third-order valence-corrected chi connectivity index (χ3v) is 4.29. The van der Waals surface area contributed by atoms with Gasteiger partial charge in [-0.25, -0.2) is 4.68 Å². The van der Waals surface area contributed by atoms with Crippen LogP contribution >= 0.6 is 0 Å². The first-order valence-electron chi connectivity index (χ1n) is 6.72. The van der Waals surface area contributed by atoms with Gasteiger partial charge in [0.15, 0.2) is 0 Å². The van der Waals surface area contributed by atoms with Gasteiger partial charge in [0.2, 0.25) is 0 Å². The molecule has 1 aromatic heterocycles. The van der Waals surface area contributed by atoms with E-state index in [2.05, 4.69) is 34.0 Å². The molecule has 2 aliphatic rings. The predicted molar refractivity (Wildman–Crippen MR) is 70.7 cm³/mol. The largest absolute Gasteiger partial charge is 0.321 e. The molecule has 2 aliphatic carbocycles. The maximum Gasteiger partial charge on any atom is 0.0649 e. The molecule has 1 heterocycles. The molecule has 0 unspecified atom stereocenters. The maximum atomic E-state index is 6.20. The van der Waals surface area contributed by atoms with Crippen LogP contribution in [0, 0.1) is 0 Å². The lowest BCUT2D eigenvalue weighted by Gasteiger charge is -2.11. The molecule has 0 amide bonds. The molecule has 3 heteroatoms. The van der Waals surface area contributed by atoms with Crippen LogP contribution in [0.5, 0.6) is 0 Å². The monoisotopic (exact) mass is 239 g/mol. The summed E-state index contributed by atoms with van der Waals surface area (Å²) in [4.78, 5) is 0. The molecular weight excluding hydrogens is 222 g/mol. The van der Waals surface area contributed by atoms with Crippen LogP contribution in [-0.4, -0.2) is 9.78 Å². The van der Waals surface area contributed by atoms with Crippen molar-refractivity contribution in [1.82, 2.24) is 9.78 Å². The van der Waals surface area contributed by atoms with Gasteiger partial charge in [-0.2, -0.15) is 5.10 Å². The topological polar surface area (TPSA) is 43.8 Å². The highest BCUT2D eigenvalue weighted by molar-refractivity contribution is 5.41. The van der Waals surface area contributed by atoms with Crippen molar-refractivity contribution >= 4 is 0 Å². The SMILES string of the molecule is NC1(c2ccc(-n3ncc4c3CCC4)cc2)CC1. The molecule has 0 saturated heterocycles. The number of fused-ring (bicyclic) bond motifs is 1. The molecule has 1 fully saturated rings. The van der Waals surface area contributed by atoms with Gasteiger partial charge in [-0.1, -0.05) is 12.1 Å². The Morgan fingerprint density at radius 1 is 1.11 bits per heavy atom. The molecule has 0 spiro atoms. The minimum Gasteiger partial charge on any atom is -0.321 e. The fourth-order valence-corrected chi connectivity index (χ4v) is 2.91. The molecule has 0 aliphatic heterocycles. The van der Waals surface area contributed by atoms with Crippen LogP contribution < -0.4 is 5.73 Å². The van der Waals surface area contributed by atoms with Crippen LogP contribution in [0.4, 0.5) is 0 Å². The first-order valence-corrected chi connectivity index (χ1v) is 6.72. The second kappa shape index (κ2) is 3.45. The van der Waals surface area contributed by atoms with E-state index >= 15 is 0 Å². The van der Waals surface area contributed by atoms with Gasteiger partial charge in [-0.05, 0) is 55.4 Å². The van der Waals surface area contributed by atoms with E-state index in [4.69, 9.17) is 5.73 Å². The van der Waals surface area contributed by atoms with Crippen molar-refractivity contribution in [3.05, 3.63) is 47.3 Å². The Hall–Kier alpha value is -1.61. The Morgan fingerprint density at radius 3 is 2.61 bits per heavy atom. The molecule has 18 heavy (non-hydrogen) atoms. The number of hydrogen-bond donors (Lipinski definition) is 1. The Kier molecular flexibility index (Phi) is 1.98. The van der Waals surface area contributed by atoms with Gasteiger partial charge in [0.25, 0.3) is 0 Å². The smallest absolute Gasteiger partial charge is 0.0649 e. The van der Waals surface area contributed by atoms with Crippen molar-refractivity contribution in [1.29, 1.82) is 0 Å². The fraction of sp³-hybridized carbons (Fsp3) is 0.400. The molecule has 4 rings (SSSR count). The number of hydrogen-bond acceptors (Lipinski definition) is 2. The van der Waals surface area contributed by atoms with Crippen LogP contribution in [0.15, 0.2) is 30.5 Å². The first-order chi connectivity index (χ1) is 8.76. The first kappa shape index (κ1) is 10.3. The van der Waals surface area contributed by atoms with Crippen LogP contribution in [-0.2, 0) is 18.4 Å². The number of nitrogens with zero attached hydrogens (tertiary/aromatic N) is 2. The third-order valence-electron chi connectivity index (χ3n) is 4.29. The molecule has 92 valence electrons. The number of nitrogens with two attached hydrogens (primary N) is 1. The van der Waals surface area contributed by atoms with Gasteiger partial charge in [0, 0.05) is 11.2 Å². The Labute approximate surface area is 107 Å². The minimum absolute atomic E-state index is 0.0371. The van der Waals surface area contributed by atoms with E-state index in [1.807, 2.05) is 6.20 Å². The highest BCUT2D eigenvalue weighted by atomic mass is 15.3. The average molecular weight is 239 g/mol. The highest BCUT2D eigenvalue weighted by Crippen LogP contribution is 2.42. The fourth-order valence-electron chi connectivity index (χ4n) is 2.91. The van der Waals surface area contributed by atoms with E-state index in [1.165, 1.54) is 29.7 Å². The average Bonchev–Trinajstić information content (AvgIpc) is 2.84.